The number of hydrogen-bond donors (Lipinski definition) is 1. The summed E-state index contributed by atoms with van der Waals surface area (Å²) in [6, 6.07) is 10.7. The Kier molecular flexibility index (Phi) is 4.36. The third-order valence-electron chi connectivity index (χ3n) is 3.88. The average Bonchev–Trinajstić information content (AvgIpc) is 2.71. The van der Waals surface area contributed by atoms with Crippen molar-refractivity contribution in [3.8, 4) is 0 Å². The summed E-state index contributed by atoms with van der Waals surface area (Å²) >= 11 is 0. The normalized spacial score (nSPS) is 19.7. The molecule has 4 heteroatoms. The summed E-state index contributed by atoms with van der Waals surface area (Å²) < 4.78 is 5.76. The summed E-state index contributed by atoms with van der Waals surface area (Å²) in [6.07, 6.45) is 1.30. The van der Waals surface area contributed by atoms with Crippen LogP contribution in [0.1, 0.15) is 19.0 Å². The van der Waals surface area contributed by atoms with Gasteiger partial charge in [0.2, 0.25) is 0 Å². The molecule has 3 rings (SSSR count). The van der Waals surface area contributed by atoms with Crippen LogP contribution in [0.25, 0.3) is 10.8 Å². The summed E-state index contributed by atoms with van der Waals surface area (Å²) in [7, 11) is 1.96. The average molecular weight is 285 g/mol. The number of fused-ring (bicyclic) bond motifs is 1. The lowest BCUT2D eigenvalue weighted by molar-refractivity contribution is 0.0820. The van der Waals surface area contributed by atoms with Gasteiger partial charge in [0.15, 0.2) is 0 Å². The van der Waals surface area contributed by atoms with Gasteiger partial charge in [-0.3, -0.25) is 0 Å². The van der Waals surface area contributed by atoms with Crippen molar-refractivity contribution in [1.82, 2.24) is 10.3 Å². The Labute approximate surface area is 126 Å². The van der Waals surface area contributed by atoms with E-state index in [1.54, 1.807) is 0 Å². The molecule has 1 N–H and O–H groups in total. The Morgan fingerprint density at radius 2 is 2.24 bits per heavy atom. The van der Waals surface area contributed by atoms with Crippen molar-refractivity contribution in [2.24, 2.45) is 0 Å². The first-order valence-corrected chi connectivity index (χ1v) is 7.68. The number of anilines is 1. The quantitative estimate of drug-likeness (QED) is 0.940. The molecule has 1 atom stereocenters. The highest BCUT2D eigenvalue weighted by Gasteiger charge is 2.19. The molecule has 1 fully saturated rings. The SMILES string of the molecule is CNCc1cc2ccccc2c(N2CCCOC(C)C2)n1. The number of ether oxygens (including phenoxy) is 1. The molecule has 2 heterocycles. The van der Waals surface area contributed by atoms with Crippen LogP contribution in [0.3, 0.4) is 0 Å². The molecule has 2 aromatic rings. The zero-order valence-corrected chi connectivity index (χ0v) is 12.8. The van der Waals surface area contributed by atoms with Gasteiger partial charge in [0, 0.05) is 31.6 Å². The van der Waals surface area contributed by atoms with Crippen LogP contribution in [0.15, 0.2) is 30.3 Å². The Balaban J connectivity index is 2.05. The summed E-state index contributed by atoms with van der Waals surface area (Å²) in [6.45, 7) is 5.67. The number of nitrogens with zero attached hydrogens (tertiary/aromatic N) is 2. The van der Waals surface area contributed by atoms with Crippen molar-refractivity contribution >= 4 is 16.6 Å². The molecular weight excluding hydrogens is 262 g/mol. The van der Waals surface area contributed by atoms with E-state index >= 15 is 0 Å². The van der Waals surface area contributed by atoms with Crippen LogP contribution < -0.4 is 10.2 Å². The van der Waals surface area contributed by atoms with Gasteiger partial charge >= 0.3 is 0 Å². The smallest absolute Gasteiger partial charge is 0.136 e. The van der Waals surface area contributed by atoms with Crippen LogP contribution in [-0.4, -0.2) is 37.8 Å². The highest BCUT2D eigenvalue weighted by molar-refractivity contribution is 5.92. The minimum Gasteiger partial charge on any atom is -0.377 e. The molecule has 0 aliphatic carbocycles. The molecule has 1 aromatic heterocycles. The third kappa shape index (κ3) is 3.17. The molecule has 0 bridgehead atoms. The molecule has 1 aliphatic rings. The highest BCUT2D eigenvalue weighted by atomic mass is 16.5. The number of benzene rings is 1. The lowest BCUT2D eigenvalue weighted by Crippen LogP contribution is -2.31. The van der Waals surface area contributed by atoms with Crippen molar-refractivity contribution in [3.63, 3.8) is 0 Å². The summed E-state index contributed by atoms with van der Waals surface area (Å²) in [4.78, 5) is 7.27. The fourth-order valence-corrected chi connectivity index (χ4v) is 2.93. The van der Waals surface area contributed by atoms with Crippen LogP contribution in [0.5, 0.6) is 0 Å². The number of pyridine rings is 1. The first-order valence-electron chi connectivity index (χ1n) is 7.68. The fourth-order valence-electron chi connectivity index (χ4n) is 2.93. The van der Waals surface area contributed by atoms with Crippen molar-refractivity contribution in [1.29, 1.82) is 0 Å². The van der Waals surface area contributed by atoms with Crippen LogP contribution in [0.2, 0.25) is 0 Å². The standard InChI is InChI=1S/C17H23N3O/c1-13-12-20(8-5-9-21-13)17-16-7-4-3-6-14(16)10-15(19-17)11-18-2/h3-4,6-7,10,13,18H,5,8-9,11-12H2,1-2H3. The molecule has 1 aliphatic heterocycles. The lowest BCUT2D eigenvalue weighted by atomic mass is 10.1. The van der Waals surface area contributed by atoms with E-state index in [4.69, 9.17) is 9.72 Å². The Bertz CT molecular complexity index is 614. The summed E-state index contributed by atoms with van der Waals surface area (Å²) in [5.74, 6) is 1.09. The minimum absolute atomic E-state index is 0.251. The zero-order valence-electron chi connectivity index (χ0n) is 12.8. The lowest BCUT2D eigenvalue weighted by Gasteiger charge is -2.25. The summed E-state index contributed by atoms with van der Waals surface area (Å²) in [5, 5.41) is 5.68. The molecule has 0 radical (unpaired) electrons. The van der Waals surface area contributed by atoms with Crippen LogP contribution in [0.4, 0.5) is 5.82 Å². The molecule has 112 valence electrons. The van der Waals surface area contributed by atoms with E-state index in [0.29, 0.717) is 0 Å². The predicted octanol–water partition coefficient (Wildman–Crippen LogP) is 2.57. The topological polar surface area (TPSA) is 37.4 Å². The van der Waals surface area contributed by atoms with Crippen LogP contribution in [0, 0.1) is 0 Å². The van der Waals surface area contributed by atoms with Gasteiger partial charge in [-0.05, 0) is 31.8 Å². The van der Waals surface area contributed by atoms with E-state index in [1.807, 2.05) is 7.05 Å². The van der Waals surface area contributed by atoms with Gasteiger partial charge in [0.05, 0.1) is 11.8 Å². The zero-order chi connectivity index (χ0) is 14.7. The van der Waals surface area contributed by atoms with Crippen LogP contribution in [-0.2, 0) is 11.3 Å². The summed E-state index contributed by atoms with van der Waals surface area (Å²) in [5.41, 5.74) is 1.09. The van der Waals surface area contributed by atoms with Crippen LogP contribution >= 0.6 is 0 Å². The van der Waals surface area contributed by atoms with E-state index < -0.39 is 0 Å². The van der Waals surface area contributed by atoms with Crippen molar-refractivity contribution in [3.05, 3.63) is 36.0 Å². The van der Waals surface area contributed by atoms with Gasteiger partial charge in [-0.15, -0.1) is 0 Å². The van der Waals surface area contributed by atoms with E-state index in [2.05, 4.69) is 47.5 Å². The Hall–Kier alpha value is -1.65. The Morgan fingerprint density at radius 3 is 3.10 bits per heavy atom. The van der Waals surface area contributed by atoms with Crippen molar-refractivity contribution in [2.45, 2.75) is 26.0 Å². The van der Waals surface area contributed by atoms with Crippen molar-refractivity contribution < 1.29 is 4.74 Å². The maximum absolute atomic E-state index is 5.76. The molecular formula is C17H23N3O. The first-order chi connectivity index (χ1) is 10.3. The minimum atomic E-state index is 0.251. The Morgan fingerprint density at radius 1 is 1.38 bits per heavy atom. The third-order valence-corrected chi connectivity index (χ3v) is 3.88. The van der Waals surface area contributed by atoms with Gasteiger partial charge in [0.25, 0.3) is 0 Å². The van der Waals surface area contributed by atoms with E-state index in [0.717, 1.165) is 44.2 Å². The maximum Gasteiger partial charge on any atom is 0.136 e. The number of hydrogen-bond acceptors (Lipinski definition) is 4. The second-order valence-electron chi connectivity index (χ2n) is 5.67. The van der Waals surface area contributed by atoms with Gasteiger partial charge in [-0.2, -0.15) is 0 Å². The molecule has 21 heavy (non-hydrogen) atoms. The monoisotopic (exact) mass is 285 g/mol. The highest BCUT2D eigenvalue weighted by Crippen LogP contribution is 2.27. The van der Waals surface area contributed by atoms with Crippen molar-refractivity contribution in [2.75, 3.05) is 31.6 Å². The molecule has 0 amide bonds. The van der Waals surface area contributed by atoms with Gasteiger partial charge < -0.3 is 15.0 Å². The maximum atomic E-state index is 5.76. The number of rotatable bonds is 3. The number of nitrogens with one attached hydrogen (secondary N) is 1. The second kappa shape index (κ2) is 6.41. The predicted molar refractivity (Wildman–Crippen MR) is 86.8 cm³/mol. The molecule has 1 aromatic carbocycles. The molecule has 4 nitrogen and oxygen atoms in total. The van der Waals surface area contributed by atoms with Gasteiger partial charge in [-0.1, -0.05) is 24.3 Å². The van der Waals surface area contributed by atoms with E-state index in [-0.39, 0.29) is 6.10 Å². The number of aromatic nitrogens is 1. The van der Waals surface area contributed by atoms with Gasteiger partial charge in [-0.25, -0.2) is 4.98 Å². The van der Waals surface area contributed by atoms with Gasteiger partial charge in [0.1, 0.15) is 5.82 Å². The first kappa shape index (κ1) is 14.3. The largest absolute Gasteiger partial charge is 0.377 e. The molecule has 0 saturated carbocycles. The second-order valence-corrected chi connectivity index (χ2v) is 5.67. The van der Waals surface area contributed by atoms with E-state index in [9.17, 15) is 0 Å². The fraction of sp³-hybridized carbons (Fsp3) is 0.471. The van der Waals surface area contributed by atoms with E-state index in [1.165, 1.54) is 10.8 Å². The molecule has 0 spiro atoms. The molecule has 1 unspecified atom stereocenters. The molecule has 1 saturated heterocycles.